The van der Waals surface area contributed by atoms with E-state index in [2.05, 4.69) is 9.88 Å². The van der Waals surface area contributed by atoms with Gasteiger partial charge in [0.2, 0.25) is 0 Å². The topological polar surface area (TPSA) is 55.3 Å². The molecule has 1 aromatic carbocycles. The standard InChI is InChI=1S/C12H15N3O/c1-8-3-2-4-10-11(8)14-12(16-10)15-6-5-9(13)7-15/h2-4,9H,5-7,13H2,1H3. The van der Waals surface area contributed by atoms with Crippen molar-refractivity contribution in [1.29, 1.82) is 0 Å². The number of benzene rings is 1. The lowest BCUT2D eigenvalue weighted by Gasteiger charge is -2.11. The molecule has 4 nitrogen and oxygen atoms in total. The monoisotopic (exact) mass is 217 g/mol. The van der Waals surface area contributed by atoms with E-state index in [0.717, 1.165) is 36.2 Å². The molecule has 1 fully saturated rings. The van der Waals surface area contributed by atoms with Crippen molar-refractivity contribution in [3.8, 4) is 0 Å². The van der Waals surface area contributed by atoms with Crippen LogP contribution in [-0.4, -0.2) is 24.1 Å². The van der Waals surface area contributed by atoms with Crippen molar-refractivity contribution >= 4 is 17.1 Å². The first-order chi connectivity index (χ1) is 7.74. The lowest BCUT2D eigenvalue weighted by Crippen LogP contribution is -2.26. The number of aryl methyl sites for hydroxylation is 1. The molecule has 1 atom stereocenters. The summed E-state index contributed by atoms with van der Waals surface area (Å²) in [5.74, 6) is 0. The minimum Gasteiger partial charge on any atom is -0.423 e. The molecule has 84 valence electrons. The van der Waals surface area contributed by atoms with E-state index in [0.29, 0.717) is 6.01 Å². The maximum absolute atomic E-state index is 5.88. The van der Waals surface area contributed by atoms with Crippen LogP contribution < -0.4 is 10.6 Å². The fourth-order valence-electron chi connectivity index (χ4n) is 2.17. The van der Waals surface area contributed by atoms with Crippen LogP contribution in [0, 0.1) is 6.92 Å². The Morgan fingerprint density at radius 1 is 1.50 bits per heavy atom. The molecule has 1 aromatic heterocycles. The second-order valence-electron chi connectivity index (χ2n) is 4.41. The zero-order valence-corrected chi connectivity index (χ0v) is 9.31. The Kier molecular flexibility index (Phi) is 2.11. The molecule has 2 heterocycles. The Morgan fingerprint density at radius 3 is 3.06 bits per heavy atom. The second kappa shape index (κ2) is 3.49. The molecule has 0 radical (unpaired) electrons. The van der Waals surface area contributed by atoms with Crippen LogP contribution >= 0.6 is 0 Å². The third-order valence-electron chi connectivity index (χ3n) is 3.10. The average Bonchev–Trinajstić information content (AvgIpc) is 2.84. The van der Waals surface area contributed by atoms with Crippen molar-refractivity contribution in [2.75, 3.05) is 18.0 Å². The van der Waals surface area contributed by atoms with Crippen LogP contribution in [0.1, 0.15) is 12.0 Å². The van der Waals surface area contributed by atoms with Gasteiger partial charge in [0.1, 0.15) is 5.52 Å². The van der Waals surface area contributed by atoms with Gasteiger partial charge in [-0.15, -0.1) is 0 Å². The first-order valence-corrected chi connectivity index (χ1v) is 5.61. The lowest BCUT2D eigenvalue weighted by atomic mass is 10.2. The third-order valence-corrected chi connectivity index (χ3v) is 3.10. The van der Waals surface area contributed by atoms with Crippen molar-refractivity contribution < 1.29 is 4.42 Å². The highest BCUT2D eigenvalue weighted by atomic mass is 16.4. The van der Waals surface area contributed by atoms with E-state index in [1.807, 2.05) is 25.1 Å². The van der Waals surface area contributed by atoms with E-state index in [9.17, 15) is 0 Å². The molecule has 2 aromatic rings. The molecule has 3 rings (SSSR count). The molecule has 16 heavy (non-hydrogen) atoms. The summed E-state index contributed by atoms with van der Waals surface area (Å²) in [5.41, 5.74) is 8.84. The van der Waals surface area contributed by atoms with Gasteiger partial charge >= 0.3 is 0 Å². The van der Waals surface area contributed by atoms with E-state index in [1.165, 1.54) is 0 Å². The van der Waals surface area contributed by atoms with Gasteiger partial charge in [0.15, 0.2) is 5.58 Å². The molecule has 0 aliphatic carbocycles. The number of nitrogens with zero attached hydrogens (tertiary/aromatic N) is 2. The molecular weight excluding hydrogens is 202 g/mol. The molecule has 0 saturated carbocycles. The fraction of sp³-hybridized carbons (Fsp3) is 0.417. The summed E-state index contributed by atoms with van der Waals surface area (Å²) in [4.78, 5) is 6.65. The molecule has 0 amide bonds. The highest BCUT2D eigenvalue weighted by molar-refractivity contribution is 5.78. The Labute approximate surface area is 94.0 Å². The minimum absolute atomic E-state index is 0.246. The molecule has 1 saturated heterocycles. The Bertz CT molecular complexity index is 520. The van der Waals surface area contributed by atoms with Gasteiger partial charge < -0.3 is 15.1 Å². The Hall–Kier alpha value is -1.55. The van der Waals surface area contributed by atoms with Crippen LogP contribution in [0.3, 0.4) is 0 Å². The van der Waals surface area contributed by atoms with Crippen molar-refractivity contribution in [2.45, 2.75) is 19.4 Å². The highest BCUT2D eigenvalue weighted by Crippen LogP contribution is 2.26. The van der Waals surface area contributed by atoms with Crippen molar-refractivity contribution in [3.05, 3.63) is 23.8 Å². The van der Waals surface area contributed by atoms with Gasteiger partial charge in [-0.3, -0.25) is 0 Å². The average molecular weight is 217 g/mol. The molecule has 0 bridgehead atoms. The van der Waals surface area contributed by atoms with E-state index < -0.39 is 0 Å². The summed E-state index contributed by atoms with van der Waals surface area (Å²) < 4.78 is 5.74. The van der Waals surface area contributed by atoms with E-state index in [4.69, 9.17) is 10.2 Å². The lowest BCUT2D eigenvalue weighted by molar-refractivity contribution is 0.583. The molecule has 2 N–H and O–H groups in total. The maximum atomic E-state index is 5.88. The smallest absolute Gasteiger partial charge is 0.298 e. The summed E-state index contributed by atoms with van der Waals surface area (Å²) in [6.45, 7) is 3.82. The van der Waals surface area contributed by atoms with Gasteiger partial charge in [-0.2, -0.15) is 4.98 Å². The zero-order valence-electron chi connectivity index (χ0n) is 9.31. The van der Waals surface area contributed by atoms with E-state index in [1.54, 1.807) is 0 Å². The summed E-state index contributed by atoms with van der Waals surface area (Å²) >= 11 is 0. The van der Waals surface area contributed by atoms with Gasteiger partial charge in [0.05, 0.1) is 0 Å². The predicted octanol–water partition coefficient (Wildman–Crippen LogP) is 1.67. The summed E-state index contributed by atoms with van der Waals surface area (Å²) in [5, 5.41) is 0. The van der Waals surface area contributed by atoms with Crippen LogP contribution in [0.5, 0.6) is 0 Å². The third kappa shape index (κ3) is 1.46. The van der Waals surface area contributed by atoms with Crippen molar-refractivity contribution in [2.24, 2.45) is 5.73 Å². The number of aromatic nitrogens is 1. The molecule has 4 heteroatoms. The number of hydrogen-bond donors (Lipinski definition) is 1. The summed E-state index contributed by atoms with van der Waals surface area (Å²) in [6, 6.07) is 6.94. The van der Waals surface area contributed by atoms with Crippen LogP contribution in [-0.2, 0) is 0 Å². The molecule has 0 spiro atoms. The molecule has 1 unspecified atom stereocenters. The van der Waals surface area contributed by atoms with Gasteiger partial charge in [0, 0.05) is 19.1 Å². The number of para-hydroxylation sites is 1. The second-order valence-corrected chi connectivity index (χ2v) is 4.41. The number of oxazole rings is 1. The number of anilines is 1. The first kappa shape index (κ1) is 9.66. The summed E-state index contributed by atoms with van der Waals surface area (Å²) in [6.07, 6.45) is 1.01. The number of nitrogens with two attached hydrogens (primary N) is 1. The fourth-order valence-corrected chi connectivity index (χ4v) is 2.17. The Morgan fingerprint density at radius 2 is 2.38 bits per heavy atom. The summed E-state index contributed by atoms with van der Waals surface area (Å²) in [7, 11) is 0. The van der Waals surface area contributed by atoms with Crippen LogP contribution in [0.25, 0.3) is 11.1 Å². The van der Waals surface area contributed by atoms with Crippen LogP contribution in [0.4, 0.5) is 6.01 Å². The van der Waals surface area contributed by atoms with Gasteiger partial charge in [-0.25, -0.2) is 0 Å². The largest absolute Gasteiger partial charge is 0.423 e. The van der Waals surface area contributed by atoms with Crippen LogP contribution in [0.15, 0.2) is 22.6 Å². The molecule has 1 aliphatic rings. The van der Waals surface area contributed by atoms with Crippen LogP contribution in [0.2, 0.25) is 0 Å². The highest BCUT2D eigenvalue weighted by Gasteiger charge is 2.23. The zero-order chi connectivity index (χ0) is 11.1. The first-order valence-electron chi connectivity index (χ1n) is 5.61. The maximum Gasteiger partial charge on any atom is 0.298 e. The quantitative estimate of drug-likeness (QED) is 0.789. The predicted molar refractivity (Wildman–Crippen MR) is 63.6 cm³/mol. The molecular formula is C12H15N3O. The number of fused-ring (bicyclic) bond motifs is 1. The number of hydrogen-bond acceptors (Lipinski definition) is 4. The molecule has 1 aliphatic heterocycles. The Balaban J connectivity index is 2.02. The van der Waals surface area contributed by atoms with E-state index in [-0.39, 0.29) is 6.04 Å². The number of rotatable bonds is 1. The normalized spacial score (nSPS) is 20.9. The van der Waals surface area contributed by atoms with Crippen molar-refractivity contribution in [1.82, 2.24) is 4.98 Å². The SMILES string of the molecule is Cc1cccc2oc(N3CCC(N)C3)nc12. The minimum atomic E-state index is 0.246. The van der Waals surface area contributed by atoms with Gasteiger partial charge in [-0.05, 0) is 25.0 Å². The van der Waals surface area contributed by atoms with Crippen molar-refractivity contribution in [3.63, 3.8) is 0 Å². The van der Waals surface area contributed by atoms with E-state index >= 15 is 0 Å². The van der Waals surface area contributed by atoms with Gasteiger partial charge in [0.25, 0.3) is 6.01 Å². The van der Waals surface area contributed by atoms with Gasteiger partial charge in [-0.1, -0.05) is 12.1 Å².